The molecule has 6 heteroatoms. The molecule has 0 spiro atoms. The van der Waals surface area contributed by atoms with Crippen molar-refractivity contribution in [1.82, 2.24) is 10.6 Å². The van der Waals surface area contributed by atoms with Crippen LogP contribution >= 0.6 is 12.4 Å². The fourth-order valence-electron chi connectivity index (χ4n) is 2.77. The highest BCUT2D eigenvalue weighted by Gasteiger charge is 2.30. The first-order valence-electron chi connectivity index (χ1n) is 7.86. The second-order valence-corrected chi connectivity index (χ2v) is 6.42. The number of halogens is 3. The normalized spacial score (nSPS) is 22.3. The number of hydrogen-bond donors (Lipinski definition) is 2. The fourth-order valence-corrected chi connectivity index (χ4v) is 2.77. The molecule has 3 nitrogen and oxygen atoms in total. The molecule has 2 rings (SSSR count). The van der Waals surface area contributed by atoms with Crippen molar-refractivity contribution in [2.75, 3.05) is 13.1 Å². The Balaban J connectivity index is 0.00000264. The van der Waals surface area contributed by atoms with Crippen molar-refractivity contribution in [3.8, 4) is 0 Å². The first kappa shape index (κ1) is 19.8. The van der Waals surface area contributed by atoms with E-state index in [0.717, 1.165) is 24.6 Å². The molecule has 1 amide bonds. The Morgan fingerprint density at radius 2 is 1.96 bits per heavy atom. The van der Waals surface area contributed by atoms with Crippen LogP contribution in [0.1, 0.15) is 38.7 Å². The predicted octanol–water partition coefficient (Wildman–Crippen LogP) is 3.24. The van der Waals surface area contributed by atoms with E-state index in [1.165, 1.54) is 6.07 Å². The van der Waals surface area contributed by atoms with Crippen LogP contribution in [0.25, 0.3) is 0 Å². The second-order valence-electron chi connectivity index (χ2n) is 6.42. The fraction of sp³-hybridized carbons (Fsp3) is 0.588. The van der Waals surface area contributed by atoms with Crippen molar-refractivity contribution < 1.29 is 13.6 Å². The maximum Gasteiger partial charge on any atom is 0.223 e. The van der Waals surface area contributed by atoms with Gasteiger partial charge < -0.3 is 10.6 Å². The molecule has 1 fully saturated rings. The van der Waals surface area contributed by atoms with Crippen LogP contribution < -0.4 is 10.6 Å². The van der Waals surface area contributed by atoms with Gasteiger partial charge in [0.1, 0.15) is 0 Å². The van der Waals surface area contributed by atoms with Gasteiger partial charge in [-0.2, -0.15) is 0 Å². The molecule has 1 aliphatic rings. The maximum absolute atomic E-state index is 13.5. The summed E-state index contributed by atoms with van der Waals surface area (Å²) in [5.41, 5.74) is 0.739. The van der Waals surface area contributed by atoms with Gasteiger partial charge in [-0.15, -0.1) is 12.4 Å². The molecule has 0 aliphatic carbocycles. The maximum atomic E-state index is 13.5. The van der Waals surface area contributed by atoms with E-state index in [1.807, 2.05) is 20.8 Å². The number of hydrogen-bond acceptors (Lipinski definition) is 2. The van der Waals surface area contributed by atoms with E-state index in [4.69, 9.17) is 0 Å². The standard InChI is InChI=1S/C17H24F2N2O.ClH/c1-10(2)11(3)17(22)21-16-9-20-7-6-13(16)12-4-5-14(18)15(19)8-12;/h4-5,8,10-11,13,16,20H,6-7,9H2,1-3H3,(H,21,22);1H. The number of benzene rings is 1. The number of nitrogens with one attached hydrogen (secondary N) is 2. The van der Waals surface area contributed by atoms with E-state index in [0.29, 0.717) is 6.54 Å². The number of amides is 1. The summed E-state index contributed by atoms with van der Waals surface area (Å²) in [5.74, 6) is -1.48. The minimum atomic E-state index is -0.841. The predicted molar refractivity (Wildman–Crippen MR) is 89.8 cm³/mol. The number of carbonyl (C=O) groups excluding carboxylic acids is 1. The molecule has 3 unspecified atom stereocenters. The van der Waals surface area contributed by atoms with Gasteiger partial charge in [0.05, 0.1) is 0 Å². The van der Waals surface area contributed by atoms with E-state index < -0.39 is 11.6 Å². The quantitative estimate of drug-likeness (QED) is 0.878. The average Bonchev–Trinajstić information content (AvgIpc) is 2.49. The highest BCUT2D eigenvalue weighted by atomic mass is 35.5. The molecule has 1 aromatic carbocycles. The zero-order valence-corrected chi connectivity index (χ0v) is 14.6. The lowest BCUT2D eigenvalue weighted by atomic mass is 9.85. The Morgan fingerprint density at radius 1 is 1.26 bits per heavy atom. The minimum Gasteiger partial charge on any atom is -0.351 e. The Morgan fingerprint density at radius 3 is 2.57 bits per heavy atom. The molecule has 1 aromatic rings. The zero-order valence-electron chi connectivity index (χ0n) is 13.7. The molecule has 0 saturated carbocycles. The third-order valence-electron chi connectivity index (χ3n) is 4.60. The van der Waals surface area contributed by atoms with Gasteiger partial charge in [0.15, 0.2) is 11.6 Å². The molecular weight excluding hydrogens is 322 g/mol. The molecule has 0 bridgehead atoms. The van der Waals surface area contributed by atoms with Crippen LogP contribution in [-0.4, -0.2) is 25.0 Å². The Bertz CT molecular complexity index is 539. The summed E-state index contributed by atoms with van der Waals surface area (Å²) < 4.78 is 26.6. The van der Waals surface area contributed by atoms with Gasteiger partial charge in [-0.1, -0.05) is 26.8 Å². The van der Waals surface area contributed by atoms with Crippen LogP contribution in [0.3, 0.4) is 0 Å². The van der Waals surface area contributed by atoms with Crippen molar-refractivity contribution in [3.63, 3.8) is 0 Å². The summed E-state index contributed by atoms with van der Waals surface area (Å²) in [6.45, 7) is 7.37. The molecule has 1 aliphatic heterocycles. The van der Waals surface area contributed by atoms with Crippen LogP contribution in [0.15, 0.2) is 18.2 Å². The van der Waals surface area contributed by atoms with Gasteiger partial charge in [-0.3, -0.25) is 4.79 Å². The van der Waals surface area contributed by atoms with Crippen LogP contribution in [0, 0.1) is 23.5 Å². The largest absolute Gasteiger partial charge is 0.351 e. The molecule has 3 atom stereocenters. The van der Waals surface area contributed by atoms with Gasteiger partial charge in [0.25, 0.3) is 0 Å². The highest BCUT2D eigenvalue weighted by molar-refractivity contribution is 5.85. The third kappa shape index (κ3) is 4.88. The lowest BCUT2D eigenvalue weighted by Crippen LogP contribution is -2.51. The lowest BCUT2D eigenvalue weighted by molar-refractivity contribution is -0.126. The van der Waals surface area contributed by atoms with Crippen molar-refractivity contribution in [2.24, 2.45) is 11.8 Å². The summed E-state index contributed by atoms with van der Waals surface area (Å²) >= 11 is 0. The highest BCUT2D eigenvalue weighted by Crippen LogP contribution is 2.27. The Hall–Kier alpha value is -1.20. The molecule has 2 N–H and O–H groups in total. The van der Waals surface area contributed by atoms with Crippen molar-refractivity contribution in [2.45, 2.75) is 39.2 Å². The monoisotopic (exact) mass is 346 g/mol. The molecule has 130 valence electrons. The van der Waals surface area contributed by atoms with Gasteiger partial charge >= 0.3 is 0 Å². The van der Waals surface area contributed by atoms with Crippen molar-refractivity contribution >= 4 is 18.3 Å². The van der Waals surface area contributed by atoms with E-state index in [9.17, 15) is 13.6 Å². The van der Waals surface area contributed by atoms with Crippen molar-refractivity contribution in [3.05, 3.63) is 35.4 Å². The van der Waals surface area contributed by atoms with Crippen molar-refractivity contribution in [1.29, 1.82) is 0 Å². The van der Waals surface area contributed by atoms with Gasteiger partial charge in [0, 0.05) is 24.4 Å². The van der Waals surface area contributed by atoms with E-state index >= 15 is 0 Å². The molecule has 1 saturated heterocycles. The number of rotatable bonds is 4. The van der Waals surface area contributed by atoms with Crippen LogP contribution in [0.5, 0.6) is 0 Å². The van der Waals surface area contributed by atoms with E-state index in [-0.39, 0.29) is 42.1 Å². The molecular formula is C17H25ClF2N2O. The SMILES string of the molecule is CC(C)C(C)C(=O)NC1CNCCC1c1ccc(F)c(F)c1.Cl. The summed E-state index contributed by atoms with van der Waals surface area (Å²) in [7, 11) is 0. The van der Waals surface area contributed by atoms with Gasteiger partial charge in [-0.05, 0) is 36.6 Å². The molecule has 23 heavy (non-hydrogen) atoms. The van der Waals surface area contributed by atoms with Crippen LogP contribution in [0.2, 0.25) is 0 Å². The summed E-state index contributed by atoms with van der Waals surface area (Å²) in [4.78, 5) is 12.3. The van der Waals surface area contributed by atoms with Crippen LogP contribution in [-0.2, 0) is 4.79 Å². The molecule has 0 radical (unpaired) electrons. The first-order valence-corrected chi connectivity index (χ1v) is 7.86. The summed E-state index contributed by atoms with van der Waals surface area (Å²) in [6.07, 6.45) is 0.784. The minimum absolute atomic E-state index is 0. The smallest absolute Gasteiger partial charge is 0.223 e. The van der Waals surface area contributed by atoms with Gasteiger partial charge in [0.2, 0.25) is 5.91 Å². The van der Waals surface area contributed by atoms with Gasteiger partial charge in [-0.25, -0.2) is 8.78 Å². The zero-order chi connectivity index (χ0) is 16.3. The molecule has 1 heterocycles. The topological polar surface area (TPSA) is 41.1 Å². The lowest BCUT2D eigenvalue weighted by Gasteiger charge is -2.34. The Kier molecular flexibility index (Phi) is 7.42. The Labute approximate surface area is 142 Å². The van der Waals surface area contributed by atoms with Crippen LogP contribution in [0.4, 0.5) is 8.78 Å². The van der Waals surface area contributed by atoms with E-state index in [1.54, 1.807) is 6.07 Å². The third-order valence-corrected chi connectivity index (χ3v) is 4.60. The number of carbonyl (C=O) groups is 1. The first-order chi connectivity index (χ1) is 10.4. The second kappa shape index (κ2) is 8.60. The number of piperidine rings is 1. The average molecular weight is 347 g/mol. The molecule has 0 aromatic heterocycles. The van der Waals surface area contributed by atoms with E-state index in [2.05, 4.69) is 10.6 Å². The summed E-state index contributed by atoms with van der Waals surface area (Å²) in [5, 5.41) is 6.32. The summed E-state index contributed by atoms with van der Waals surface area (Å²) in [6, 6.07) is 3.91.